The molecule has 0 aliphatic carbocycles. The van der Waals surface area contributed by atoms with Gasteiger partial charge in [-0.15, -0.1) is 0 Å². The zero-order valence-electron chi connectivity index (χ0n) is 16.1. The number of rotatable bonds is 8. The molecule has 0 spiro atoms. The molecular weight excluding hydrogens is 390 g/mol. The van der Waals surface area contributed by atoms with Crippen molar-refractivity contribution in [2.24, 2.45) is 5.92 Å². The molecule has 1 aromatic carbocycles. The molecule has 1 aliphatic heterocycles. The molecule has 1 aliphatic rings. The number of piperidine rings is 1. The highest BCUT2D eigenvalue weighted by molar-refractivity contribution is 6.19. The predicted octanol–water partition coefficient (Wildman–Crippen LogP) is 0.779. The number of carbonyl (C=O) groups is 4. The van der Waals surface area contributed by atoms with E-state index in [9.17, 15) is 19.2 Å². The summed E-state index contributed by atoms with van der Waals surface area (Å²) in [5, 5.41) is 10.7. The van der Waals surface area contributed by atoms with Crippen molar-refractivity contribution in [2.75, 3.05) is 13.1 Å². The minimum atomic E-state index is -1.51. The molecule has 0 bridgehead atoms. The molecule has 1 saturated heterocycles. The molecule has 2 heterocycles. The van der Waals surface area contributed by atoms with Gasteiger partial charge >= 0.3 is 5.97 Å². The molecule has 0 radical (unpaired) electrons. The van der Waals surface area contributed by atoms with Crippen molar-refractivity contribution in [1.82, 2.24) is 15.2 Å². The van der Waals surface area contributed by atoms with Crippen LogP contribution in [0.5, 0.6) is 5.88 Å². The van der Waals surface area contributed by atoms with Gasteiger partial charge in [-0.1, -0.05) is 36.4 Å². The van der Waals surface area contributed by atoms with Crippen molar-refractivity contribution < 1.29 is 29.0 Å². The number of likely N-dealkylation sites (tertiary alicyclic amines) is 1. The number of nitrogens with zero attached hydrogens (tertiary/aromatic N) is 2. The molecule has 3 rings (SSSR count). The Morgan fingerprint density at radius 3 is 2.57 bits per heavy atom. The van der Waals surface area contributed by atoms with Gasteiger partial charge in [-0.25, -0.2) is 4.98 Å². The van der Waals surface area contributed by atoms with Crippen LogP contribution < -0.4 is 10.1 Å². The molecule has 9 nitrogen and oxygen atoms in total. The zero-order valence-corrected chi connectivity index (χ0v) is 16.1. The Labute approximate surface area is 172 Å². The average Bonchev–Trinajstić information content (AvgIpc) is 2.74. The maximum Gasteiger partial charge on any atom is 0.322 e. The second kappa shape index (κ2) is 9.64. The van der Waals surface area contributed by atoms with Crippen LogP contribution in [0.3, 0.4) is 0 Å². The normalized spacial score (nSPS) is 16.3. The van der Waals surface area contributed by atoms with Gasteiger partial charge in [0.1, 0.15) is 13.2 Å². The molecule has 156 valence electrons. The Balaban J connectivity index is 1.58. The molecule has 1 atom stereocenters. The average molecular weight is 411 g/mol. The van der Waals surface area contributed by atoms with Gasteiger partial charge in [-0.2, -0.15) is 0 Å². The number of carbonyl (C=O) groups excluding carboxylic acids is 3. The van der Waals surface area contributed by atoms with E-state index in [0.717, 1.165) is 11.1 Å². The molecule has 2 N–H and O–H groups in total. The largest absolute Gasteiger partial charge is 0.480 e. The number of ether oxygens (including phenoxy) is 1. The van der Waals surface area contributed by atoms with E-state index in [1.807, 2.05) is 30.3 Å². The van der Waals surface area contributed by atoms with Crippen LogP contribution in [-0.2, 0) is 32.3 Å². The molecular formula is C21H21N3O6. The smallest absolute Gasteiger partial charge is 0.322 e. The van der Waals surface area contributed by atoms with Crippen LogP contribution in [0.25, 0.3) is 0 Å². The maximum absolute atomic E-state index is 12.6. The molecule has 1 unspecified atom stereocenters. The highest BCUT2D eigenvalue weighted by Crippen LogP contribution is 2.19. The van der Waals surface area contributed by atoms with E-state index in [1.54, 1.807) is 18.3 Å². The lowest BCUT2D eigenvalue weighted by atomic mass is 9.94. The van der Waals surface area contributed by atoms with Gasteiger partial charge in [0.15, 0.2) is 11.7 Å². The third kappa shape index (κ3) is 5.40. The summed E-state index contributed by atoms with van der Waals surface area (Å²) in [6.07, 6.45) is 1.60. The van der Waals surface area contributed by atoms with Gasteiger partial charge in [0.25, 0.3) is 0 Å². The summed E-state index contributed by atoms with van der Waals surface area (Å²) in [4.78, 5) is 53.0. The summed E-state index contributed by atoms with van der Waals surface area (Å²) in [7, 11) is 0. The number of nitrogens with one attached hydrogen (secondary N) is 1. The molecule has 0 saturated carbocycles. The van der Waals surface area contributed by atoms with E-state index in [4.69, 9.17) is 9.84 Å². The van der Waals surface area contributed by atoms with Crippen LogP contribution in [-0.4, -0.2) is 51.6 Å². The van der Waals surface area contributed by atoms with Crippen LogP contribution >= 0.6 is 0 Å². The number of hydrogen-bond acceptors (Lipinski definition) is 6. The monoisotopic (exact) mass is 411 g/mol. The standard InChI is InChI=1S/C21H21N3O6/c25-16-8-9-24(21(29)19(16)20(28)23-11-18(26)27)12-15-6-7-17(22-10-15)30-13-14-4-2-1-3-5-14/h1-7,10,19H,8-9,11-13H2,(H,23,28)(H,26,27). The van der Waals surface area contributed by atoms with Crippen molar-refractivity contribution >= 4 is 23.6 Å². The van der Waals surface area contributed by atoms with E-state index < -0.39 is 36.0 Å². The number of carboxylic acid groups (broad SMARTS) is 1. The highest BCUT2D eigenvalue weighted by Gasteiger charge is 2.40. The lowest BCUT2D eigenvalue weighted by Gasteiger charge is -2.30. The maximum atomic E-state index is 12.6. The van der Waals surface area contributed by atoms with Gasteiger partial charge in [0.05, 0.1) is 0 Å². The number of pyridine rings is 1. The Morgan fingerprint density at radius 1 is 1.13 bits per heavy atom. The van der Waals surface area contributed by atoms with Crippen LogP contribution in [0, 0.1) is 5.92 Å². The molecule has 1 fully saturated rings. The van der Waals surface area contributed by atoms with Crippen molar-refractivity contribution in [3.63, 3.8) is 0 Å². The fraction of sp³-hybridized carbons (Fsp3) is 0.286. The summed E-state index contributed by atoms with van der Waals surface area (Å²) >= 11 is 0. The quantitative estimate of drug-likeness (QED) is 0.615. The number of amides is 2. The molecule has 9 heteroatoms. The third-order valence-electron chi connectivity index (χ3n) is 4.59. The second-order valence-electron chi connectivity index (χ2n) is 6.80. The minimum Gasteiger partial charge on any atom is -0.480 e. The van der Waals surface area contributed by atoms with Gasteiger partial charge < -0.3 is 20.1 Å². The van der Waals surface area contributed by atoms with Crippen molar-refractivity contribution in [3.05, 3.63) is 59.8 Å². The minimum absolute atomic E-state index is 0.0304. The first-order valence-electron chi connectivity index (χ1n) is 9.36. The molecule has 30 heavy (non-hydrogen) atoms. The van der Waals surface area contributed by atoms with Gasteiger partial charge in [0.2, 0.25) is 17.7 Å². The number of aliphatic carboxylic acids is 1. The molecule has 1 aromatic heterocycles. The van der Waals surface area contributed by atoms with E-state index in [1.165, 1.54) is 4.90 Å². The number of Topliss-reactive ketones (excluding diaryl/α,β-unsaturated/α-hetero) is 1. The van der Waals surface area contributed by atoms with Gasteiger partial charge in [0, 0.05) is 31.8 Å². The topological polar surface area (TPSA) is 126 Å². The lowest BCUT2D eigenvalue weighted by molar-refractivity contribution is -0.152. The van der Waals surface area contributed by atoms with Crippen molar-refractivity contribution in [2.45, 2.75) is 19.6 Å². The number of benzene rings is 1. The summed E-state index contributed by atoms with van der Waals surface area (Å²) < 4.78 is 5.63. The van der Waals surface area contributed by atoms with Gasteiger partial charge in [-0.05, 0) is 11.1 Å². The second-order valence-corrected chi connectivity index (χ2v) is 6.80. The first kappa shape index (κ1) is 21.0. The van der Waals surface area contributed by atoms with E-state index in [2.05, 4.69) is 10.3 Å². The Morgan fingerprint density at radius 2 is 1.90 bits per heavy atom. The molecule has 2 aromatic rings. The third-order valence-corrected chi connectivity index (χ3v) is 4.59. The first-order valence-corrected chi connectivity index (χ1v) is 9.36. The van der Waals surface area contributed by atoms with Crippen LogP contribution in [0.2, 0.25) is 0 Å². The summed E-state index contributed by atoms with van der Waals surface area (Å²) in [6.45, 7) is 0.102. The highest BCUT2D eigenvalue weighted by atomic mass is 16.5. The Hall–Kier alpha value is -3.75. The van der Waals surface area contributed by atoms with Gasteiger partial charge in [-0.3, -0.25) is 19.2 Å². The number of carboxylic acids is 1. The number of ketones is 1. The zero-order chi connectivity index (χ0) is 21.5. The van der Waals surface area contributed by atoms with E-state index in [0.29, 0.717) is 12.5 Å². The summed E-state index contributed by atoms with van der Waals surface area (Å²) in [5.41, 5.74) is 1.73. The van der Waals surface area contributed by atoms with E-state index in [-0.39, 0.29) is 19.5 Å². The fourth-order valence-electron chi connectivity index (χ4n) is 3.04. The van der Waals surface area contributed by atoms with E-state index >= 15 is 0 Å². The lowest BCUT2D eigenvalue weighted by Crippen LogP contribution is -2.52. The summed E-state index contributed by atoms with van der Waals surface area (Å²) in [5.74, 6) is -4.37. The fourth-order valence-corrected chi connectivity index (χ4v) is 3.04. The van der Waals surface area contributed by atoms with Crippen LogP contribution in [0.4, 0.5) is 0 Å². The summed E-state index contributed by atoms with van der Waals surface area (Å²) in [6, 6.07) is 13.1. The predicted molar refractivity (Wildman–Crippen MR) is 104 cm³/mol. The SMILES string of the molecule is O=C(O)CNC(=O)C1C(=O)CCN(Cc2ccc(OCc3ccccc3)nc2)C1=O. The Kier molecular flexibility index (Phi) is 6.74. The first-order chi connectivity index (χ1) is 14.4. The number of hydrogen-bond donors (Lipinski definition) is 2. The Bertz CT molecular complexity index is 930. The van der Waals surface area contributed by atoms with Crippen molar-refractivity contribution in [3.8, 4) is 5.88 Å². The van der Waals surface area contributed by atoms with Crippen molar-refractivity contribution in [1.29, 1.82) is 0 Å². The van der Waals surface area contributed by atoms with Crippen LogP contribution in [0.1, 0.15) is 17.5 Å². The number of aromatic nitrogens is 1. The molecule has 2 amide bonds. The van der Waals surface area contributed by atoms with Crippen LogP contribution in [0.15, 0.2) is 48.7 Å².